The highest BCUT2D eigenvalue weighted by Gasteiger charge is 2.39. The molecule has 5 heteroatoms. The van der Waals surface area contributed by atoms with Crippen LogP contribution in [0.5, 0.6) is 0 Å². The van der Waals surface area contributed by atoms with Crippen molar-refractivity contribution in [3.63, 3.8) is 0 Å². The maximum absolute atomic E-state index is 11.6. The molecule has 1 saturated heterocycles. The molecule has 0 aromatic rings. The first-order valence-corrected chi connectivity index (χ1v) is 5.45. The molecule has 2 atom stereocenters. The van der Waals surface area contributed by atoms with Crippen LogP contribution in [0, 0.1) is 5.92 Å². The molecule has 0 bridgehead atoms. The lowest BCUT2D eigenvalue weighted by atomic mass is 10.1. The Bertz CT molecular complexity index is 280. The second-order valence-electron chi connectivity index (χ2n) is 4.29. The van der Waals surface area contributed by atoms with E-state index in [1.165, 1.54) is 12.8 Å². The van der Waals surface area contributed by atoms with Crippen molar-refractivity contribution in [1.82, 2.24) is 10.2 Å². The molecule has 0 radical (unpaired) electrons. The van der Waals surface area contributed by atoms with E-state index in [1.807, 2.05) is 0 Å². The number of carbonyl (C=O) groups excluding carboxylic acids is 1. The lowest BCUT2D eigenvalue weighted by molar-refractivity contribution is -0.135. The van der Waals surface area contributed by atoms with E-state index in [0.29, 0.717) is 12.0 Å². The molecule has 2 N–H and O–H groups in total. The lowest BCUT2D eigenvalue weighted by Gasteiger charge is -2.23. The van der Waals surface area contributed by atoms with E-state index in [4.69, 9.17) is 5.11 Å². The molecule has 1 aliphatic carbocycles. The van der Waals surface area contributed by atoms with Crippen molar-refractivity contribution in [2.75, 3.05) is 13.1 Å². The van der Waals surface area contributed by atoms with Crippen molar-refractivity contribution in [1.29, 1.82) is 0 Å². The Morgan fingerprint density at radius 3 is 2.87 bits per heavy atom. The number of aliphatic carboxylic acids is 1. The third-order valence-corrected chi connectivity index (χ3v) is 3.41. The zero-order valence-electron chi connectivity index (χ0n) is 8.61. The van der Waals surface area contributed by atoms with Crippen LogP contribution in [-0.2, 0) is 4.79 Å². The molecule has 5 nitrogen and oxygen atoms in total. The Labute approximate surface area is 88.4 Å². The predicted octanol–water partition coefficient (Wildman–Crippen LogP) is 0.655. The zero-order valence-corrected chi connectivity index (χ0v) is 8.61. The van der Waals surface area contributed by atoms with Crippen LogP contribution < -0.4 is 5.32 Å². The molecule has 2 rings (SSSR count). The number of nitrogens with one attached hydrogen (secondary N) is 1. The van der Waals surface area contributed by atoms with Crippen molar-refractivity contribution in [2.45, 2.75) is 31.7 Å². The molecular weight excluding hydrogens is 196 g/mol. The van der Waals surface area contributed by atoms with E-state index in [9.17, 15) is 9.59 Å². The fourth-order valence-electron chi connectivity index (χ4n) is 2.74. The second-order valence-corrected chi connectivity index (χ2v) is 4.29. The van der Waals surface area contributed by atoms with Crippen LogP contribution in [0.25, 0.3) is 0 Å². The number of carboxylic acid groups (broad SMARTS) is 1. The van der Waals surface area contributed by atoms with Gasteiger partial charge in [0.15, 0.2) is 0 Å². The highest BCUT2D eigenvalue weighted by atomic mass is 16.4. The van der Waals surface area contributed by atoms with Crippen molar-refractivity contribution < 1.29 is 14.7 Å². The Hall–Kier alpha value is -1.26. The number of likely N-dealkylation sites (tertiary alicyclic amines) is 1. The fourth-order valence-corrected chi connectivity index (χ4v) is 2.74. The molecule has 1 aliphatic heterocycles. The van der Waals surface area contributed by atoms with Gasteiger partial charge in [0.25, 0.3) is 0 Å². The molecule has 1 heterocycles. The smallest absolute Gasteiger partial charge is 0.323 e. The first kappa shape index (κ1) is 10.3. The topological polar surface area (TPSA) is 69.6 Å². The average molecular weight is 212 g/mol. The molecule has 2 aliphatic rings. The zero-order chi connectivity index (χ0) is 10.8. The molecule has 2 fully saturated rings. The summed E-state index contributed by atoms with van der Waals surface area (Å²) in [6.07, 6.45) is 4.56. The third kappa shape index (κ3) is 2.06. The largest absolute Gasteiger partial charge is 0.480 e. The highest BCUT2D eigenvalue weighted by Crippen LogP contribution is 2.37. The standard InChI is InChI=1S/C10H16N2O3/c13-9(14)6-11-10(15)12-5-4-7-2-1-3-8(7)12/h7-8H,1-6H2,(H,11,15)(H,13,14). The van der Waals surface area contributed by atoms with Crippen molar-refractivity contribution in [3.8, 4) is 0 Å². The third-order valence-electron chi connectivity index (χ3n) is 3.41. The van der Waals surface area contributed by atoms with Crippen molar-refractivity contribution in [3.05, 3.63) is 0 Å². The first-order valence-electron chi connectivity index (χ1n) is 5.45. The van der Waals surface area contributed by atoms with Crippen LogP contribution in [0.1, 0.15) is 25.7 Å². The van der Waals surface area contributed by atoms with Crippen LogP contribution in [-0.4, -0.2) is 41.1 Å². The molecular formula is C10H16N2O3. The first-order chi connectivity index (χ1) is 7.18. The van der Waals surface area contributed by atoms with Crippen molar-refractivity contribution in [2.24, 2.45) is 5.92 Å². The monoisotopic (exact) mass is 212 g/mol. The number of rotatable bonds is 2. The summed E-state index contributed by atoms with van der Waals surface area (Å²) in [4.78, 5) is 23.8. The number of carbonyl (C=O) groups is 2. The van der Waals surface area contributed by atoms with Gasteiger partial charge >= 0.3 is 12.0 Å². The number of hydrogen-bond acceptors (Lipinski definition) is 2. The van der Waals surface area contributed by atoms with Crippen molar-refractivity contribution >= 4 is 12.0 Å². The summed E-state index contributed by atoms with van der Waals surface area (Å²) in [5.74, 6) is -0.342. The Balaban J connectivity index is 1.87. The molecule has 0 spiro atoms. The molecule has 0 aromatic carbocycles. The van der Waals surface area contributed by atoms with Gasteiger partial charge in [-0.25, -0.2) is 4.79 Å². The molecule has 2 amide bonds. The lowest BCUT2D eigenvalue weighted by Crippen LogP contribution is -2.44. The quantitative estimate of drug-likeness (QED) is 0.706. The minimum absolute atomic E-state index is 0.216. The molecule has 15 heavy (non-hydrogen) atoms. The summed E-state index contributed by atoms with van der Waals surface area (Å²) in [6, 6.07) is 0.144. The summed E-state index contributed by atoms with van der Waals surface area (Å²) in [5.41, 5.74) is 0. The molecule has 1 saturated carbocycles. The van der Waals surface area contributed by atoms with Crippen LogP contribution in [0.2, 0.25) is 0 Å². The second kappa shape index (κ2) is 4.08. The van der Waals surface area contributed by atoms with E-state index >= 15 is 0 Å². The number of urea groups is 1. The number of amides is 2. The van der Waals surface area contributed by atoms with Gasteiger partial charge in [0.1, 0.15) is 6.54 Å². The minimum Gasteiger partial charge on any atom is -0.480 e. The summed E-state index contributed by atoms with van der Waals surface area (Å²) < 4.78 is 0. The van der Waals surface area contributed by atoms with Gasteiger partial charge in [0.05, 0.1) is 0 Å². The van der Waals surface area contributed by atoms with Crippen LogP contribution in [0.3, 0.4) is 0 Å². The normalized spacial score (nSPS) is 28.9. The number of fused-ring (bicyclic) bond motifs is 1. The van der Waals surface area contributed by atoms with Gasteiger partial charge in [0, 0.05) is 12.6 Å². The van der Waals surface area contributed by atoms with Gasteiger partial charge < -0.3 is 15.3 Å². The average Bonchev–Trinajstić information content (AvgIpc) is 2.74. The summed E-state index contributed by atoms with van der Waals surface area (Å²) in [5, 5.41) is 10.9. The summed E-state index contributed by atoms with van der Waals surface area (Å²) in [6.45, 7) is 0.494. The SMILES string of the molecule is O=C(O)CNC(=O)N1CCC2CCCC21. The number of carboxylic acids is 1. The van der Waals surface area contributed by atoms with Gasteiger partial charge in [-0.15, -0.1) is 0 Å². The maximum atomic E-state index is 11.6. The number of nitrogens with zero attached hydrogens (tertiary/aromatic N) is 1. The fraction of sp³-hybridized carbons (Fsp3) is 0.800. The maximum Gasteiger partial charge on any atom is 0.323 e. The Morgan fingerprint density at radius 2 is 2.13 bits per heavy atom. The van der Waals surface area contributed by atoms with Gasteiger partial charge in [-0.05, 0) is 25.2 Å². The Morgan fingerprint density at radius 1 is 1.33 bits per heavy atom. The van der Waals surface area contributed by atoms with Crippen LogP contribution in [0.4, 0.5) is 4.79 Å². The van der Waals surface area contributed by atoms with Crippen LogP contribution in [0.15, 0.2) is 0 Å². The highest BCUT2D eigenvalue weighted by molar-refractivity contribution is 5.80. The molecule has 0 aromatic heterocycles. The Kier molecular flexibility index (Phi) is 2.79. The molecule has 84 valence electrons. The van der Waals surface area contributed by atoms with E-state index < -0.39 is 5.97 Å². The molecule has 2 unspecified atom stereocenters. The van der Waals surface area contributed by atoms with Gasteiger partial charge in [-0.1, -0.05) is 6.42 Å². The predicted molar refractivity (Wildman–Crippen MR) is 53.5 cm³/mol. The summed E-state index contributed by atoms with van der Waals surface area (Å²) >= 11 is 0. The van der Waals surface area contributed by atoms with Gasteiger partial charge in [0.2, 0.25) is 0 Å². The van der Waals surface area contributed by atoms with E-state index in [-0.39, 0.29) is 12.6 Å². The minimum atomic E-state index is -0.995. The van der Waals surface area contributed by atoms with Gasteiger partial charge in [-0.3, -0.25) is 4.79 Å². The van der Waals surface area contributed by atoms with Crippen LogP contribution >= 0.6 is 0 Å². The summed E-state index contributed by atoms with van der Waals surface area (Å²) in [7, 11) is 0. The van der Waals surface area contributed by atoms with E-state index in [2.05, 4.69) is 5.32 Å². The number of hydrogen-bond donors (Lipinski definition) is 2. The van der Waals surface area contributed by atoms with Gasteiger partial charge in [-0.2, -0.15) is 0 Å². The van der Waals surface area contributed by atoms with E-state index in [1.54, 1.807) is 4.90 Å². The van der Waals surface area contributed by atoms with E-state index in [0.717, 1.165) is 19.4 Å².